The predicted octanol–water partition coefficient (Wildman–Crippen LogP) is 5.23. The largest absolute Gasteiger partial charge is 0.363 e. The third-order valence-corrected chi connectivity index (χ3v) is 11.1. The lowest BCUT2D eigenvalue weighted by Gasteiger charge is -2.36. The Labute approximate surface area is 257 Å². The van der Waals surface area contributed by atoms with Crippen LogP contribution in [0.1, 0.15) is 77.6 Å². The first-order valence-corrected chi connectivity index (χ1v) is 17.4. The van der Waals surface area contributed by atoms with E-state index >= 15 is 0 Å². The highest BCUT2D eigenvalue weighted by Gasteiger charge is 2.46. The summed E-state index contributed by atoms with van der Waals surface area (Å²) in [6.45, 7) is 0.889. The van der Waals surface area contributed by atoms with Gasteiger partial charge in [-0.25, -0.2) is 8.78 Å². The summed E-state index contributed by atoms with van der Waals surface area (Å²) in [6.07, 6.45) is 4.71. The maximum Gasteiger partial charge on any atom is 0.363 e. The second-order valence-electron chi connectivity index (χ2n) is 11.9. The van der Waals surface area contributed by atoms with Crippen molar-refractivity contribution in [3.05, 3.63) is 70.4 Å². The van der Waals surface area contributed by atoms with Crippen molar-refractivity contribution in [2.75, 3.05) is 13.1 Å². The second-order valence-corrected chi connectivity index (χ2v) is 14.6. The van der Waals surface area contributed by atoms with E-state index in [-0.39, 0.29) is 40.0 Å². The van der Waals surface area contributed by atoms with Crippen molar-refractivity contribution < 1.29 is 37.5 Å². The Morgan fingerprint density at radius 2 is 1.80 bits per heavy atom. The van der Waals surface area contributed by atoms with Gasteiger partial charge in [0.1, 0.15) is 17.9 Å². The van der Waals surface area contributed by atoms with Gasteiger partial charge in [-0.2, -0.15) is 0 Å². The number of hydrogen-bond acceptors (Lipinski definition) is 5. The molecule has 3 aromatic rings. The van der Waals surface area contributed by atoms with Crippen LogP contribution in [0.15, 0.2) is 48.5 Å². The van der Waals surface area contributed by atoms with E-state index in [0.717, 1.165) is 30.6 Å². The summed E-state index contributed by atoms with van der Waals surface area (Å²) in [6, 6.07) is 10.7. The Hall–Kier alpha value is -3.18. The van der Waals surface area contributed by atoms with Crippen LogP contribution in [-0.2, 0) is 14.2 Å². The minimum atomic E-state index is -4.98. The smallest absolute Gasteiger partial charge is 0.340 e. The van der Waals surface area contributed by atoms with Crippen molar-refractivity contribution in [1.29, 1.82) is 0 Å². The van der Waals surface area contributed by atoms with E-state index in [4.69, 9.17) is 0 Å². The Kier molecular flexibility index (Phi) is 8.63. The third kappa shape index (κ3) is 6.05. The zero-order valence-electron chi connectivity index (χ0n) is 23.9. The number of nitrogens with zero attached hydrogens (tertiary/aromatic N) is 2. The molecule has 5 atom stereocenters. The molecule has 3 aliphatic heterocycles. The summed E-state index contributed by atoms with van der Waals surface area (Å²) in [5.74, 6) is -3.74. The number of rotatable bonds is 6. The molecule has 1 aromatic heterocycles. The summed E-state index contributed by atoms with van der Waals surface area (Å²) < 4.78 is 40.7. The van der Waals surface area contributed by atoms with Crippen molar-refractivity contribution in [2.24, 2.45) is 0 Å². The lowest BCUT2D eigenvalue weighted by Crippen LogP contribution is -2.56. The van der Waals surface area contributed by atoms with Crippen molar-refractivity contribution in [3.8, 4) is 0 Å². The Morgan fingerprint density at radius 3 is 2.57 bits per heavy atom. The number of likely N-dealkylation sites (tertiary alicyclic amines) is 1. The zero-order valence-corrected chi connectivity index (χ0v) is 25.6. The molecule has 2 unspecified atom stereocenters. The van der Waals surface area contributed by atoms with Gasteiger partial charge in [0, 0.05) is 29.7 Å². The molecule has 3 aliphatic rings. The number of hydrogen-bond donors (Lipinski definition) is 3. The maximum atomic E-state index is 14.4. The van der Waals surface area contributed by atoms with E-state index in [1.165, 1.54) is 30.3 Å². The fraction of sp³-hybridized carbons (Fsp3) is 0.452. The normalized spacial score (nSPS) is 25.0. The maximum absolute atomic E-state index is 14.4. The van der Waals surface area contributed by atoms with E-state index in [1.807, 2.05) is 0 Å². The molecule has 0 spiro atoms. The van der Waals surface area contributed by atoms with Crippen molar-refractivity contribution in [2.45, 2.75) is 74.9 Å². The Balaban J connectivity index is 1.17. The first-order valence-electron chi connectivity index (χ1n) is 14.9. The van der Waals surface area contributed by atoms with E-state index in [9.17, 15) is 37.5 Å². The molecule has 234 valence electrons. The van der Waals surface area contributed by atoms with Crippen LogP contribution >= 0.6 is 18.9 Å². The van der Waals surface area contributed by atoms with Crippen LogP contribution in [0.25, 0.3) is 10.1 Å². The van der Waals surface area contributed by atoms with Crippen LogP contribution in [0.5, 0.6) is 0 Å². The number of carbonyl (C=O) groups excluding carboxylic acids is 3. The van der Waals surface area contributed by atoms with E-state index in [1.54, 1.807) is 28.0 Å². The van der Waals surface area contributed by atoms with Crippen LogP contribution in [-0.4, -0.2) is 68.5 Å². The molecule has 4 heterocycles. The van der Waals surface area contributed by atoms with Crippen molar-refractivity contribution >= 4 is 46.7 Å². The van der Waals surface area contributed by atoms with Gasteiger partial charge in [0.15, 0.2) is 0 Å². The molecule has 44 heavy (non-hydrogen) atoms. The van der Waals surface area contributed by atoms with Gasteiger partial charge in [-0.15, -0.1) is 11.3 Å². The van der Waals surface area contributed by atoms with E-state index in [2.05, 4.69) is 5.32 Å². The SMILES string of the molecule is O=C(N[C@H]1CCCC[C@H]2CC[C@@H](C(=O)N3CCC(c4ccccc4F)C3)N2C1=O)c1cc2cc(C(F)P(=O)(O)O)ccc2s1. The standard InChI is InChI=1S/C31H34F2N3O6PS/c32-23-7-3-2-6-22(23)19-13-14-35(17-19)31(39)25-11-10-21-5-1-4-8-24(30(38)36(21)25)34-29(37)27-16-20-15-18(9-12-26(20)44-27)28(33)43(40,41)42/h2-3,6-7,9,12,15-16,19,21,24-25,28H,1,4-5,8,10-11,13-14,17H2,(H,34,37)(H2,40,41,42)/t19?,21-,24-,25-,28?/m0/s1. The lowest BCUT2D eigenvalue weighted by atomic mass is 9.98. The topological polar surface area (TPSA) is 127 Å². The summed E-state index contributed by atoms with van der Waals surface area (Å²) >= 11 is 1.13. The Morgan fingerprint density at radius 1 is 1.02 bits per heavy atom. The average molecular weight is 646 g/mol. The minimum Gasteiger partial charge on any atom is -0.340 e. The molecule has 3 fully saturated rings. The van der Waals surface area contributed by atoms with Crippen molar-refractivity contribution in [3.63, 3.8) is 0 Å². The molecule has 0 radical (unpaired) electrons. The molecule has 0 saturated carbocycles. The minimum absolute atomic E-state index is 0.0912. The van der Waals surface area contributed by atoms with Crippen LogP contribution in [0.4, 0.5) is 8.78 Å². The van der Waals surface area contributed by atoms with Gasteiger partial charge in [0.05, 0.1) is 4.88 Å². The van der Waals surface area contributed by atoms with Gasteiger partial charge in [0.25, 0.3) is 5.91 Å². The number of thiophene rings is 1. The summed E-state index contributed by atoms with van der Waals surface area (Å²) in [4.78, 5) is 63.2. The quantitative estimate of drug-likeness (QED) is 0.315. The first-order chi connectivity index (χ1) is 21.0. The number of carbonyl (C=O) groups is 3. The fourth-order valence-corrected chi connectivity index (χ4v) is 8.38. The molecule has 3 saturated heterocycles. The van der Waals surface area contributed by atoms with Gasteiger partial charge >= 0.3 is 7.60 Å². The highest BCUT2D eigenvalue weighted by atomic mass is 32.1. The molecular formula is C31H34F2N3O6PS. The van der Waals surface area contributed by atoms with Crippen LogP contribution in [0.3, 0.4) is 0 Å². The first kappa shape index (κ1) is 30.8. The average Bonchev–Trinajstić information content (AvgIpc) is 3.74. The fourth-order valence-electron chi connectivity index (χ4n) is 6.88. The van der Waals surface area contributed by atoms with Crippen LogP contribution in [0.2, 0.25) is 0 Å². The van der Waals surface area contributed by atoms with Gasteiger partial charge in [0.2, 0.25) is 17.7 Å². The third-order valence-electron chi connectivity index (χ3n) is 9.11. The molecule has 13 heteroatoms. The number of fused-ring (bicyclic) bond motifs is 2. The highest BCUT2D eigenvalue weighted by Crippen LogP contribution is 2.53. The number of amides is 3. The van der Waals surface area contributed by atoms with Gasteiger partial charge in [-0.3, -0.25) is 18.9 Å². The second kappa shape index (κ2) is 12.3. The number of halogens is 2. The molecule has 6 rings (SSSR count). The monoisotopic (exact) mass is 645 g/mol. The highest BCUT2D eigenvalue weighted by molar-refractivity contribution is 7.51. The van der Waals surface area contributed by atoms with Crippen LogP contribution < -0.4 is 5.32 Å². The van der Waals surface area contributed by atoms with E-state index in [0.29, 0.717) is 54.4 Å². The number of benzene rings is 2. The summed E-state index contributed by atoms with van der Waals surface area (Å²) in [5.41, 5.74) is 0.417. The van der Waals surface area contributed by atoms with Crippen LogP contribution in [0, 0.1) is 5.82 Å². The summed E-state index contributed by atoms with van der Waals surface area (Å²) in [7, 11) is -4.98. The number of nitrogens with one attached hydrogen (secondary N) is 1. The summed E-state index contributed by atoms with van der Waals surface area (Å²) in [5, 5.41) is 3.33. The molecule has 2 aromatic carbocycles. The molecule has 0 aliphatic carbocycles. The van der Waals surface area contributed by atoms with Gasteiger partial charge in [-0.05, 0) is 72.9 Å². The molecule has 9 nitrogen and oxygen atoms in total. The Bertz CT molecular complexity index is 1650. The van der Waals surface area contributed by atoms with E-state index < -0.39 is 31.5 Å². The molecule has 0 bridgehead atoms. The molecule has 3 amide bonds. The zero-order chi connectivity index (χ0) is 31.2. The molecule has 3 N–H and O–H groups in total. The van der Waals surface area contributed by atoms with Gasteiger partial charge < -0.3 is 24.9 Å². The predicted molar refractivity (Wildman–Crippen MR) is 161 cm³/mol. The van der Waals surface area contributed by atoms with Gasteiger partial charge in [-0.1, -0.05) is 37.1 Å². The molecular weight excluding hydrogens is 611 g/mol. The lowest BCUT2D eigenvalue weighted by molar-refractivity contribution is -0.146. The number of alkyl halides is 1. The van der Waals surface area contributed by atoms with Crippen molar-refractivity contribution in [1.82, 2.24) is 15.1 Å².